The zero-order valence-electron chi connectivity index (χ0n) is 9.67. The van der Waals surface area contributed by atoms with Crippen LogP contribution < -0.4 is 0 Å². The van der Waals surface area contributed by atoms with Crippen molar-refractivity contribution in [2.45, 2.75) is 38.9 Å². The second kappa shape index (κ2) is 7.96. The van der Waals surface area contributed by atoms with Crippen LogP contribution in [0.3, 0.4) is 0 Å². The minimum Gasteiger partial charge on any atom is -0.508 e. The van der Waals surface area contributed by atoms with E-state index in [1.54, 1.807) is 0 Å². The molecular formula is C12H20O4. The Balaban J connectivity index is 0.000000281. The highest BCUT2D eigenvalue weighted by Crippen LogP contribution is 2.13. The standard InChI is InChI=1S/C6H6O2.C6H14O2/c7-5-1-2-6(8)4-3-5;1-3-5(7)6(8)4-2/h1-4,7-8H;5-8H,3-4H2,1-2H3. The third-order valence-electron chi connectivity index (χ3n) is 2.13. The highest BCUT2D eigenvalue weighted by Gasteiger charge is 2.09. The van der Waals surface area contributed by atoms with Gasteiger partial charge in [0.05, 0.1) is 12.2 Å². The largest absolute Gasteiger partial charge is 0.508 e. The fraction of sp³-hybridized carbons (Fsp3) is 0.500. The molecule has 0 saturated heterocycles. The van der Waals surface area contributed by atoms with Gasteiger partial charge in [0.1, 0.15) is 11.5 Å². The molecule has 16 heavy (non-hydrogen) atoms. The molecule has 0 spiro atoms. The minimum atomic E-state index is -0.528. The van der Waals surface area contributed by atoms with E-state index in [1.807, 2.05) is 13.8 Å². The van der Waals surface area contributed by atoms with Crippen molar-refractivity contribution in [2.24, 2.45) is 0 Å². The summed E-state index contributed by atoms with van der Waals surface area (Å²) < 4.78 is 0. The van der Waals surface area contributed by atoms with Crippen molar-refractivity contribution in [1.29, 1.82) is 0 Å². The van der Waals surface area contributed by atoms with Crippen molar-refractivity contribution in [3.8, 4) is 11.5 Å². The maximum absolute atomic E-state index is 8.88. The molecule has 0 aromatic heterocycles. The number of aliphatic hydroxyl groups is 2. The van der Waals surface area contributed by atoms with Gasteiger partial charge in [-0.1, -0.05) is 13.8 Å². The van der Waals surface area contributed by atoms with Crippen LogP contribution in [0.1, 0.15) is 26.7 Å². The molecule has 0 amide bonds. The van der Waals surface area contributed by atoms with Gasteiger partial charge in [-0.25, -0.2) is 0 Å². The Hall–Kier alpha value is -1.26. The molecule has 0 fully saturated rings. The molecule has 92 valence electrons. The van der Waals surface area contributed by atoms with Gasteiger partial charge >= 0.3 is 0 Å². The van der Waals surface area contributed by atoms with Crippen molar-refractivity contribution < 1.29 is 20.4 Å². The summed E-state index contributed by atoms with van der Waals surface area (Å²) in [6.07, 6.45) is 0.212. The lowest BCUT2D eigenvalue weighted by atomic mass is 10.1. The smallest absolute Gasteiger partial charge is 0.115 e. The van der Waals surface area contributed by atoms with Crippen LogP contribution in [0.5, 0.6) is 11.5 Å². The first kappa shape index (κ1) is 14.7. The van der Waals surface area contributed by atoms with Gasteiger partial charge in [-0.05, 0) is 37.1 Å². The number of phenols is 2. The van der Waals surface area contributed by atoms with Gasteiger partial charge < -0.3 is 20.4 Å². The van der Waals surface area contributed by atoms with Crippen LogP contribution in [0.15, 0.2) is 24.3 Å². The Labute approximate surface area is 95.8 Å². The summed E-state index contributed by atoms with van der Waals surface area (Å²) in [4.78, 5) is 0. The second-order valence-electron chi connectivity index (χ2n) is 3.47. The number of aromatic hydroxyl groups is 2. The SMILES string of the molecule is CCC(O)C(O)CC.Oc1ccc(O)cc1. The van der Waals surface area contributed by atoms with Gasteiger partial charge in [0, 0.05) is 0 Å². The lowest BCUT2D eigenvalue weighted by Gasteiger charge is -2.12. The van der Waals surface area contributed by atoms with E-state index in [0.717, 1.165) is 0 Å². The lowest BCUT2D eigenvalue weighted by molar-refractivity contribution is 0.0157. The van der Waals surface area contributed by atoms with Crippen LogP contribution in [0, 0.1) is 0 Å². The predicted molar refractivity (Wildman–Crippen MR) is 62.4 cm³/mol. The van der Waals surface area contributed by atoms with Crippen molar-refractivity contribution in [3.05, 3.63) is 24.3 Å². The molecule has 1 aromatic carbocycles. The highest BCUT2D eigenvalue weighted by molar-refractivity contribution is 5.28. The quantitative estimate of drug-likeness (QED) is 0.593. The molecule has 0 aliphatic rings. The molecule has 0 heterocycles. The summed E-state index contributed by atoms with van der Waals surface area (Å²) in [5, 5.41) is 35.0. The van der Waals surface area contributed by atoms with Crippen LogP contribution in [-0.4, -0.2) is 32.6 Å². The van der Waals surface area contributed by atoms with E-state index >= 15 is 0 Å². The lowest BCUT2D eigenvalue weighted by Crippen LogP contribution is -2.23. The number of rotatable bonds is 3. The molecule has 2 unspecified atom stereocenters. The maximum atomic E-state index is 8.88. The Morgan fingerprint density at radius 1 is 0.812 bits per heavy atom. The fourth-order valence-corrected chi connectivity index (χ4v) is 0.997. The predicted octanol–water partition coefficient (Wildman–Crippen LogP) is 1.63. The molecule has 1 aromatic rings. The number of hydrogen-bond donors (Lipinski definition) is 4. The van der Waals surface area contributed by atoms with Crippen LogP contribution >= 0.6 is 0 Å². The van der Waals surface area contributed by atoms with Gasteiger partial charge in [0.2, 0.25) is 0 Å². The average molecular weight is 228 g/mol. The van der Waals surface area contributed by atoms with Gasteiger partial charge in [0.25, 0.3) is 0 Å². The average Bonchev–Trinajstić information content (AvgIpc) is 2.31. The van der Waals surface area contributed by atoms with E-state index in [2.05, 4.69) is 0 Å². The Morgan fingerprint density at radius 3 is 1.25 bits per heavy atom. The highest BCUT2D eigenvalue weighted by atomic mass is 16.3. The third-order valence-corrected chi connectivity index (χ3v) is 2.13. The zero-order chi connectivity index (χ0) is 12.6. The molecule has 4 nitrogen and oxygen atoms in total. The second-order valence-corrected chi connectivity index (χ2v) is 3.47. The molecule has 4 heteroatoms. The molecule has 4 N–H and O–H groups in total. The Morgan fingerprint density at radius 2 is 1.06 bits per heavy atom. The first-order valence-electron chi connectivity index (χ1n) is 5.35. The molecule has 1 rings (SSSR count). The van der Waals surface area contributed by atoms with E-state index in [0.29, 0.717) is 12.8 Å². The monoisotopic (exact) mass is 228 g/mol. The Kier molecular flexibility index (Phi) is 7.33. The van der Waals surface area contributed by atoms with E-state index in [4.69, 9.17) is 20.4 Å². The van der Waals surface area contributed by atoms with Gasteiger partial charge in [-0.15, -0.1) is 0 Å². The number of hydrogen-bond acceptors (Lipinski definition) is 4. The van der Waals surface area contributed by atoms with Crippen molar-refractivity contribution in [2.75, 3.05) is 0 Å². The fourth-order valence-electron chi connectivity index (χ4n) is 0.997. The molecule has 2 atom stereocenters. The van der Waals surface area contributed by atoms with Crippen molar-refractivity contribution in [1.82, 2.24) is 0 Å². The number of phenolic OH excluding ortho intramolecular Hbond substituents is 2. The Bertz CT molecular complexity index is 242. The van der Waals surface area contributed by atoms with E-state index in [-0.39, 0.29) is 11.5 Å². The van der Waals surface area contributed by atoms with E-state index in [1.165, 1.54) is 24.3 Å². The van der Waals surface area contributed by atoms with Crippen LogP contribution in [0.2, 0.25) is 0 Å². The van der Waals surface area contributed by atoms with Gasteiger partial charge in [-0.3, -0.25) is 0 Å². The van der Waals surface area contributed by atoms with E-state index < -0.39 is 12.2 Å². The van der Waals surface area contributed by atoms with Gasteiger partial charge in [-0.2, -0.15) is 0 Å². The normalized spacial score (nSPS) is 13.5. The van der Waals surface area contributed by atoms with Crippen molar-refractivity contribution in [3.63, 3.8) is 0 Å². The molecule has 0 radical (unpaired) electrons. The summed E-state index contributed by atoms with van der Waals surface area (Å²) in [7, 11) is 0. The molecule has 0 aliphatic heterocycles. The topological polar surface area (TPSA) is 80.9 Å². The summed E-state index contributed by atoms with van der Waals surface area (Å²) in [6.45, 7) is 3.70. The summed E-state index contributed by atoms with van der Waals surface area (Å²) >= 11 is 0. The minimum absolute atomic E-state index is 0.169. The zero-order valence-corrected chi connectivity index (χ0v) is 9.67. The summed E-state index contributed by atoms with van der Waals surface area (Å²) in [6, 6.07) is 5.70. The molecular weight excluding hydrogens is 208 g/mol. The van der Waals surface area contributed by atoms with E-state index in [9.17, 15) is 0 Å². The summed E-state index contributed by atoms with van der Waals surface area (Å²) in [5.41, 5.74) is 0. The van der Waals surface area contributed by atoms with Crippen molar-refractivity contribution >= 4 is 0 Å². The maximum Gasteiger partial charge on any atom is 0.115 e. The van der Waals surface area contributed by atoms with Crippen LogP contribution in [0.4, 0.5) is 0 Å². The first-order chi connectivity index (χ1) is 7.51. The first-order valence-corrected chi connectivity index (χ1v) is 5.35. The number of benzene rings is 1. The molecule has 0 aliphatic carbocycles. The van der Waals surface area contributed by atoms with Gasteiger partial charge in [0.15, 0.2) is 0 Å². The molecule has 0 bridgehead atoms. The third kappa shape index (κ3) is 6.27. The van der Waals surface area contributed by atoms with Crippen LogP contribution in [0.25, 0.3) is 0 Å². The number of aliphatic hydroxyl groups excluding tert-OH is 2. The summed E-state index contributed by atoms with van der Waals surface area (Å²) in [5.74, 6) is 0.339. The van der Waals surface area contributed by atoms with Crippen LogP contribution in [-0.2, 0) is 0 Å². The molecule has 0 saturated carbocycles.